The quantitative estimate of drug-likeness (QED) is 0.699. The Morgan fingerprint density at radius 1 is 1.50 bits per heavy atom. The fourth-order valence-corrected chi connectivity index (χ4v) is 0.988. The molecule has 0 atom stereocenters. The molecule has 1 N–H and O–H groups in total. The lowest BCUT2D eigenvalue weighted by atomic mass is 9.96. The highest BCUT2D eigenvalue weighted by atomic mass is 32.1. The van der Waals surface area contributed by atoms with Gasteiger partial charge in [0.05, 0.1) is 0 Å². The zero-order chi connectivity index (χ0) is 10.8. The second-order valence-electron chi connectivity index (χ2n) is 4.08. The molecule has 0 aromatic carbocycles. The molecule has 0 fully saturated rings. The van der Waals surface area contributed by atoms with Gasteiger partial charge in [0.2, 0.25) is 5.91 Å². The third kappa shape index (κ3) is 2.73. The van der Waals surface area contributed by atoms with Gasteiger partial charge in [-0.3, -0.25) is 4.79 Å². The number of aromatic nitrogens is 1. The van der Waals surface area contributed by atoms with Gasteiger partial charge in [-0.15, -0.1) is 12.6 Å². The third-order valence-corrected chi connectivity index (χ3v) is 2.06. The summed E-state index contributed by atoms with van der Waals surface area (Å²) >= 11 is 4.19. The van der Waals surface area contributed by atoms with Crippen LogP contribution in [0.1, 0.15) is 20.8 Å². The molecule has 0 aliphatic rings. The number of pyridine rings is 1. The van der Waals surface area contributed by atoms with Crippen molar-refractivity contribution >= 4 is 24.4 Å². The van der Waals surface area contributed by atoms with Gasteiger partial charge in [0.25, 0.3) is 0 Å². The maximum Gasteiger partial charge on any atom is 0.230 e. The Kier molecular flexibility index (Phi) is 3.16. The predicted molar refractivity (Wildman–Crippen MR) is 59.6 cm³/mol. The maximum atomic E-state index is 11.6. The molecule has 14 heavy (non-hydrogen) atoms. The number of nitrogens with one attached hydrogen (secondary N) is 1. The lowest BCUT2D eigenvalue weighted by Crippen LogP contribution is -2.28. The molecule has 0 saturated heterocycles. The van der Waals surface area contributed by atoms with E-state index in [1.54, 1.807) is 18.3 Å². The molecule has 4 heteroatoms. The molecule has 1 aromatic rings. The van der Waals surface area contributed by atoms with Crippen molar-refractivity contribution in [3.8, 4) is 0 Å². The molecule has 76 valence electrons. The number of hydrogen-bond acceptors (Lipinski definition) is 3. The molecule has 0 radical (unpaired) electrons. The molecule has 0 saturated carbocycles. The van der Waals surface area contributed by atoms with E-state index in [1.807, 2.05) is 20.8 Å². The van der Waals surface area contributed by atoms with E-state index >= 15 is 0 Å². The second kappa shape index (κ2) is 4.00. The van der Waals surface area contributed by atoms with E-state index in [1.165, 1.54) is 0 Å². The van der Waals surface area contributed by atoms with Crippen LogP contribution in [0.3, 0.4) is 0 Å². The van der Waals surface area contributed by atoms with Crippen molar-refractivity contribution in [1.82, 2.24) is 4.98 Å². The molecule has 0 aliphatic carbocycles. The maximum absolute atomic E-state index is 11.6. The normalized spacial score (nSPS) is 11.1. The van der Waals surface area contributed by atoms with Gasteiger partial charge in [0.1, 0.15) is 5.82 Å². The number of carbonyl (C=O) groups excluding carboxylic acids is 1. The number of carbonyl (C=O) groups is 1. The lowest BCUT2D eigenvalue weighted by Gasteiger charge is -2.17. The summed E-state index contributed by atoms with van der Waals surface area (Å²) in [6.07, 6.45) is 1.62. The van der Waals surface area contributed by atoms with Crippen LogP contribution in [0.25, 0.3) is 0 Å². The highest BCUT2D eigenvalue weighted by Crippen LogP contribution is 2.20. The first kappa shape index (κ1) is 11.0. The highest BCUT2D eigenvalue weighted by Gasteiger charge is 2.21. The van der Waals surface area contributed by atoms with Crippen molar-refractivity contribution in [3.63, 3.8) is 0 Å². The largest absolute Gasteiger partial charge is 0.309 e. The second-order valence-corrected chi connectivity index (χ2v) is 4.56. The monoisotopic (exact) mass is 210 g/mol. The summed E-state index contributed by atoms with van der Waals surface area (Å²) in [6, 6.07) is 3.56. The minimum Gasteiger partial charge on any atom is -0.309 e. The number of anilines is 1. The molecule has 0 aliphatic heterocycles. The van der Waals surface area contributed by atoms with Gasteiger partial charge in [0, 0.05) is 16.5 Å². The molecule has 0 bridgehead atoms. The first-order chi connectivity index (χ1) is 6.41. The van der Waals surface area contributed by atoms with Crippen molar-refractivity contribution in [1.29, 1.82) is 0 Å². The van der Waals surface area contributed by atoms with E-state index in [0.717, 1.165) is 0 Å². The van der Waals surface area contributed by atoms with Gasteiger partial charge in [0.15, 0.2) is 0 Å². The van der Waals surface area contributed by atoms with E-state index in [-0.39, 0.29) is 5.91 Å². The van der Waals surface area contributed by atoms with Crippen LogP contribution in [0.5, 0.6) is 0 Å². The van der Waals surface area contributed by atoms with Crippen molar-refractivity contribution in [3.05, 3.63) is 18.3 Å². The molecule has 3 nitrogen and oxygen atoms in total. The van der Waals surface area contributed by atoms with Gasteiger partial charge < -0.3 is 5.32 Å². The first-order valence-corrected chi connectivity index (χ1v) is 4.81. The van der Waals surface area contributed by atoms with E-state index in [2.05, 4.69) is 22.9 Å². The smallest absolute Gasteiger partial charge is 0.230 e. The summed E-state index contributed by atoms with van der Waals surface area (Å²) in [5, 5.41) is 2.72. The third-order valence-electron chi connectivity index (χ3n) is 1.70. The summed E-state index contributed by atoms with van der Waals surface area (Å²) in [5.74, 6) is 0.447. The van der Waals surface area contributed by atoms with Crippen molar-refractivity contribution in [2.75, 3.05) is 5.32 Å². The summed E-state index contributed by atoms with van der Waals surface area (Å²) in [4.78, 5) is 16.3. The number of thiol groups is 1. The number of hydrogen-bond donors (Lipinski definition) is 2. The highest BCUT2D eigenvalue weighted by molar-refractivity contribution is 7.80. The van der Waals surface area contributed by atoms with Crippen molar-refractivity contribution in [2.45, 2.75) is 25.7 Å². The molecular formula is C10H14N2OS. The van der Waals surface area contributed by atoms with Gasteiger partial charge in [-0.2, -0.15) is 0 Å². The van der Waals surface area contributed by atoms with Gasteiger partial charge in [-0.1, -0.05) is 20.8 Å². The number of rotatable bonds is 1. The Balaban J connectivity index is 2.80. The molecular weight excluding hydrogens is 196 g/mol. The first-order valence-electron chi connectivity index (χ1n) is 4.36. The molecule has 1 amide bonds. The van der Waals surface area contributed by atoms with Crippen LogP contribution in [0.2, 0.25) is 0 Å². The van der Waals surface area contributed by atoms with Crippen molar-refractivity contribution < 1.29 is 4.79 Å². The van der Waals surface area contributed by atoms with Crippen LogP contribution >= 0.6 is 12.6 Å². The van der Waals surface area contributed by atoms with Crippen LogP contribution in [0, 0.1) is 5.41 Å². The molecule has 1 heterocycles. The average molecular weight is 210 g/mol. The summed E-state index contributed by atoms with van der Waals surface area (Å²) in [7, 11) is 0. The standard InChI is InChI=1S/C10H14N2OS/c1-10(2,3)9(13)12-8-7(14)5-4-6-11-8/h4-6,14H,1-3H3,(H,11,12,13). The Hall–Kier alpha value is -1.03. The van der Waals surface area contributed by atoms with Crippen LogP contribution < -0.4 is 5.32 Å². The van der Waals surface area contributed by atoms with Crippen molar-refractivity contribution in [2.24, 2.45) is 5.41 Å². The van der Waals surface area contributed by atoms with Gasteiger partial charge in [-0.25, -0.2) is 4.98 Å². The van der Waals surface area contributed by atoms with Crippen LogP contribution in [-0.2, 0) is 4.79 Å². The Bertz CT molecular complexity index is 344. The van der Waals surface area contributed by atoms with Crippen LogP contribution in [0.15, 0.2) is 23.2 Å². The summed E-state index contributed by atoms with van der Waals surface area (Å²) < 4.78 is 0. The molecule has 0 spiro atoms. The topological polar surface area (TPSA) is 42.0 Å². The van der Waals surface area contributed by atoms with Gasteiger partial charge in [-0.05, 0) is 12.1 Å². The SMILES string of the molecule is CC(C)(C)C(=O)Nc1ncccc1S. The lowest BCUT2D eigenvalue weighted by molar-refractivity contribution is -0.123. The van der Waals surface area contributed by atoms with Crippen LogP contribution in [-0.4, -0.2) is 10.9 Å². The Morgan fingerprint density at radius 2 is 2.14 bits per heavy atom. The fourth-order valence-electron chi connectivity index (χ4n) is 0.788. The van der Waals surface area contributed by atoms with E-state index in [9.17, 15) is 4.79 Å². The fraction of sp³-hybridized carbons (Fsp3) is 0.400. The number of amides is 1. The predicted octanol–water partition coefficient (Wildman–Crippen LogP) is 2.35. The van der Waals surface area contributed by atoms with E-state index < -0.39 is 5.41 Å². The number of nitrogens with zero attached hydrogens (tertiary/aromatic N) is 1. The molecule has 1 aromatic heterocycles. The van der Waals surface area contributed by atoms with E-state index in [4.69, 9.17) is 0 Å². The zero-order valence-corrected chi connectivity index (χ0v) is 9.43. The zero-order valence-electron chi connectivity index (χ0n) is 8.53. The minimum atomic E-state index is -0.419. The van der Waals surface area contributed by atoms with Crippen LogP contribution in [0.4, 0.5) is 5.82 Å². The Labute approximate surface area is 89.3 Å². The molecule has 0 unspecified atom stereocenters. The van der Waals surface area contributed by atoms with E-state index in [0.29, 0.717) is 10.7 Å². The minimum absolute atomic E-state index is 0.0634. The molecule has 1 rings (SSSR count). The summed E-state index contributed by atoms with van der Waals surface area (Å²) in [5.41, 5.74) is -0.419. The summed E-state index contributed by atoms with van der Waals surface area (Å²) in [6.45, 7) is 5.55. The Morgan fingerprint density at radius 3 is 2.64 bits per heavy atom. The van der Waals surface area contributed by atoms with Gasteiger partial charge >= 0.3 is 0 Å². The average Bonchev–Trinajstić information content (AvgIpc) is 2.07.